The second-order valence-corrected chi connectivity index (χ2v) is 12.6. The van der Waals surface area contributed by atoms with Gasteiger partial charge in [-0.15, -0.1) is 0 Å². The highest BCUT2D eigenvalue weighted by molar-refractivity contribution is 5.66. The summed E-state index contributed by atoms with van der Waals surface area (Å²) in [5.41, 5.74) is 0. The molecule has 0 aromatic heterocycles. The van der Waals surface area contributed by atoms with Crippen molar-refractivity contribution in [3.8, 4) is 0 Å². The molecule has 6 nitrogen and oxygen atoms in total. The van der Waals surface area contributed by atoms with Gasteiger partial charge >= 0.3 is 11.9 Å². The van der Waals surface area contributed by atoms with Crippen molar-refractivity contribution >= 4 is 11.9 Å². The molecule has 0 aromatic rings. The monoisotopic (exact) mass is 655 g/mol. The minimum absolute atomic E-state index is 0.195. The highest BCUT2D eigenvalue weighted by atomic mass is 16.4. The Labute approximate surface area is 285 Å². The van der Waals surface area contributed by atoms with Gasteiger partial charge in [-0.2, -0.15) is 0 Å². The minimum Gasteiger partial charge on any atom is -0.481 e. The molecule has 0 radical (unpaired) electrons. The molecule has 0 atom stereocenters. The van der Waals surface area contributed by atoms with Crippen LogP contribution in [0.1, 0.15) is 206 Å². The van der Waals surface area contributed by atoms with Crippen LogP contribution in [-0.4, -0.2) is 45.6 Å². The van der Waals surface area contributed by atoms with Gasteiger partial charge in [0.25, 0.3) is 0 Å². The van der Waals surface area contributed by atoms with Crippen LogP contribution in [0.2, 0.25) is 0 Å². The van der Waals surface area contributed by atoms with E-state index in [0.29, 0.717) is 12.8 Å². The van der Waals surface area contributed by atoms with Gasteiger partial charge in [-0.05, 0) is 77.0 Å². The molecule has 0 heterocycles. The normalized spacial score (nSPS) is 11.0. The van der Waals surface area contributed by atoms with E-state index in [1.54, 1.807) is 0 Å². The highest BCUT2D eigenvalue weighted by Gasteiger charge is 1.97. The van der Waals surface area contributed by atoms with E-state index in [2.05, 4.69) is 38.2 Å². The number of allylic oxidation sites excluding steroid dienone is 4. The summed E-state index contributed by atoms with van der Waals surface area (Å²) in [5, 5.41) is 33.2. The molecular weight excluding hydrogens is 576 g/mol. The molecule has 0 rings (SSSR count). The first kappa shape index (κ1) is 48.7. The maximum Gasteiger partial charge on any atom is 0.303 e. The summed E-state index contributed by atoms with van der Waals surface area (Å²) < 4.78 is 0. The third-order valence-corrected chi connectivity index (χ3v) is 7.87. The van der Waals surface area contributed by atoms with Crippen molar-refractivity contribution in [3.05, 3.63) is 24.3 Å². The molecule has 0 saturated heterocycles. The second kappa shape index (κ2) is 47.7. The van der Waals surface area contributed by atoms with E-state index >= 15 is 0 Å². The number of hydrogen-bond donors (Lipinski definition) is 4. The molecule has 0 aliphatic rings. The SMILES string of the molecule is CCCCCCCC/C=C\CCCCCCCC(=O)O.CCCCCCCC/C=C\CCCCCCCC(=O)O.OCCCCO. The van der Waals surface area contributed by atoms with Crippen LogP contribution in [0.5, 0.6) is 0 Å². The lowest BCUT2D eigenvalue weighted by Gasteiger charge is -1.99. The van der Waals surface area contributed by atoms with E-state index in [1.807, 2.05) is 0 Å². The zero-order chi connectivity index (χ0) is 34.6. The number of hydrogen-bond acceptors (Lipinski definition) is 4. The van der Waals surface area contributed by atoms with Crippen molar-refractivity contribution < 1.29 is 30.0 Å². The van der Waals surface area contributed by atoms with Gasteiger partial charge in [0.05, 0.1) is 0 Å². The van der Waals surface area contributed by atoms with Gasteiger partial charge in [0.2, 0.25) is 0 Å². The van der Waals surface area contributed by atoms with Crippen molar-refractivity contribution in [2.24, 2.45) is 0 Å². The van der Waals surface area contributed by atoms with Crippen LogP contribution >= 0.6 is 0 Å². The number of carboxylic acid groups (broad SMARTS) is 2. The van der Waals surface area contributed by atoms with E-state index < -0.39 is 11.9 Å². The van der Waals surface area contributed by atoms with Crippen LogP contribution in [-0.2, 0) is 9.59 Å². The molecule has 0 fully saturated rings. The standard InChI is InChI=1S/2C18H34O2.C4H10O2/c2*1-2-3-4-5-6-7-8-9-10-11-12-13-14-15-16-17-18(19)20;5-3-1-2-4-6/h2*9-10H,2-8,11-17H2,1H3,(H,19,20);5-6H,1-4H2/b2*10-9-;. The third-order valence-electron chi connectivity index (χ3n) is 7.87. The maximum atomic E-state index is 10.3. The Balaban J connectivity index is -0.000000682. The molecule has 0 bridgehead atoms. The predicted molar refractivity (Wildman–Crippen MR) is 198 cm³/mol. The van der Waals surface area contributed by atoms with Gasteiger partial charge in [0, 0.05) is 26.1 Å². The van der Waals surface area contributed by atoms with Crippen molar-refractivity contribution in [2.45, 2.75) is 206 Å². The first-order chi connectivity index (χ1) is 22.5. The number of unbranched alkanes of at least 4 members (excludes halogenated alkanes) is 23. The average molecular weight is 655 g/mol. The van der Waals surface area contributed by atoms with Crippen LogP contribution in [0.4, 0.5) is 0 Å². The quantitative estimate of drug-likeness (QED) is 0.0413. The molecule has 0 spiro atoms. The van der Waals surface area contributed by atoms with Gasteiger partial charge in [0.1, 0.15) is 0 Å². The molecule has 0 aromatic carbocycles. The summed E-state index contributed by atoms with van der Waals surface area (Å²) in [6.45, 7) is 4.91. The van der Waals surface area contributed by atoms with Crippen molar-refractivity contribution in [1.82, 2.24) is 0 Å². The summed E-state index contributed by atoms with van der Waals surface area (Å²) in [6.07, 6.45) is 43.9. The number of rotatable bonds is 33. The summed E-state index contributed by atoms with van der Waals surface area (Å²) in [6, 6.07) is 0. The fraction of sp³-hybridized carbons (Fsp3) is 0.850. The Bertz CT molecular complexity index is 577. The Morgan fingerprint density at radius 1 is 0.370 bits per heavy atom. The lowest BCUT2D eigenvalue weighted by molar-refractivity contribution is -0.138. The van der Waals surface area contributed by atoms with Crippen molar-refractivity contribution in [3.63, 3.8) is 0 Å². The fourth-order valence-electron chi connectivity index (χ4n) is 4.92. The molecule has 274 valence electrons. The van der Waals surface area contributed by atoms with Crippen LogP contribution in [0.15, 0.2) is 24.3 Å². The molecule has 6 heteroatoms. The Kier molecular flexibility index (Phi) is 50.6. The first-order valence-electron chi connectivity index (χ1n) is 19.4. The Morgan fingerprint density at radius 3 is 0.848 bits per heavy atom. The molecule has 0 aliphatic heterocycles. The number of carboxylic acids is 2. The van der Waals surface area contributed by atoms with E-state index in [1.165, 1.54) is 141 Å². The molecule has 46 heavy (non-hydrogen) atoms. The molecular formula is C40H78O6. The van der Waals surface area contributed by atoms with Crippen molar-refractivity contribution in [2.75, 3.05) is 13.2 Å². The van der Waals surface area contributed by atoms with E-state index in [9.17, 15) is 9.59 Å². The number of aliphatic hydroxyl groups excluding tert-OH is 2. The maximum absolute atomic E-state index is 10.3. The van der Waals surface area contributed by atoms with E-state index in [-0.39, 0.29) is 13.2 Å². The second-order valence-electron chi connectivity index (χ2n) is 12.6. The molecule has 4 N–H and O–H groups in total. The molecule has 0 saturated carbocycles. The lowest BCUT2D eigenvalue weighted by atomic mass is 10.1. The van der Waals surface area contributed by atoms with Gasteiger partial charge in [0.15, 0.2) is 0 Å². The van der Waals surface area contributed by atoms with Gasteiger partial charge in [-0.3, -0.25) is 9.59 Å². The van der Waals surface area contributed by atoms with Crippen LogP contribution < -0.4 is 0 Å². The minimum atomic E-state index is -0.664. The summed E-state index contributed by atoms with van der Waals surface area (Å²) in [4.78, 5) is 20.6. The van der Waals surface area contributed by atoms with E-state index in [0.717, 1.165) is 38.5 Å². The Hall–Kier alpha value is -1.66. The number of aliphatic carboxylic acids is 2. The Morgan fingerprint density at radius 2 is 0.609 bits per heavy atom. The summed E-state index contributed by atoms with van der Waals surface area (Å²) in [7, 11) is 0. The van der Waals surface area contributed by atoms with Gasteiger partial charge in [-0.25, -0.2) is 0 Å². The molecule has 0 amide bonds. The molecule has 0 aliphatic carbocycles. The fourth-order valence-corrected chi connectivity index (χ4v) is 4.92. The van der Waals surface area contributed by atoms with Crippen LogP contribution in [0, 0.1) is 0 Å². The lowest BCUT2D eigenvalue weighted by Crippen LogP contribution is -1.93. The molecule has 0 unspecified atom stereocenters. The summed E-state index contributed by atoms with van der Waals surface area (Å²) >= 11 is 0. The smallest absolute Gasteiger partial charge is 0.303 e. The zero-order valence-electron chi connectivity index (χ0n) is 30.5. The van der Waals surface area contributed by atoms with Crippen molar-refractivity contribution in [1.29, 1.82) is 0 Å². The van der Waals surface area contributed by atoms with Crippen LogP contribution in [0.3, 0.4) is 0 Å². The first-order valence-corrected chi connectivity index (χ1v) is 19.4. The predicted octanol–water partition coefficient (Wildman–Crippen LogP) is 12.0. The largest absolute Gasteiger partial charge is 0.481 e. The van der Waals surface area contributed by atoms with Crippen LogP contribution in [0.25, 0.3) is 0 Å². The average Bonchev–Trinajstić information content (AvgIpc) is 3.04. The number of aliphatic hydroxyl groups is 2. The van der Waals surface area contributed by atoms with E-state index in [4.69, 9.17) is 20.4 Å². The third kappa shape index (κ3) is 57.9. The van der Waals surface area contributed by atoms with Gasteiger partial charge in [-0.1, -0.05) is 141 Å². The van der Waals surface area contributed by atoms with Gasteiger partial charge < -0.3 is 20.4 Å². The zero-order valence-corrected chi connectivity index (χ0v) is 30.5. The summed E-state index contributed by atoms with van der Waals surface area (Å²) in [5.74, 6) is -1.33. The topological polar surface area (TPSA) is 115 Å². The number of carbonyl (C=O) groups is 2. The highest BCUT2D eigenvalue weighted by Crippen LogP contribution is 2.11.